The number of ether oxygens (including phenoxy) is 1. The lowest BCUT2D eigenvalue weighted by Gasteiger charge is -2.16. The van der Waals surface area contributed by atoms with E-state index < -0.39 is 39.8 Å². The predicted molar refractivity (Wildman–Crippen MR) is 110 cm³/mol. The van der Waals surface area contributed by atoms with Gasteiger partial charge in [-0.05, 0) is 31.0 Å². The molecule has 0 aliphatic carbocycles. The van der Waals surface area contributed by atoms with E-state index >= 15 is 0 Å². The molecule has 1 amide bonds. The lowest BCUT2D eigenvalue weighted by molar-refractivity contribution is -0.119. The van der Waals surface area contributed by atoms with Crippen LogP contribution in [0.4, 0.5) is 5.82 Å². The van der Waals surface area contributed by atoms with E-state index in [1.807, 2.05) is 0 Å². The highest BCUT2D eigenvalue weighted by Crippen LogP contribution is 2.21. The van der Waals surface area contributed by atoms with Crippen molar-refractivity contribution in [1.29, 1.82) is 0 Å². The summed E-state index contributed by atoms with van der Waals surface area (Å²) in [4.78, 5) is 48.0. The van der Waals surface area contributed by atoms with Crippen LogP contribution in [0.2, 0.25) is 0 Å². The van der Waals surface area contributed by atoms with Crippen LogP contribution in [0, 0.1) is 0 Å². The summed E-state index contributed by atoms with van der Waals surface area (Å²) in [6, 6.07) is 6.48. The van der Waals surface area contributed by atoms with Gasteiger partial charge in [-0.1, -0.05) is 6.07 Å². The van der Waals surface area contributed by atoms with Crippen LogP contribution in [0.25, 0.3) is 0 Å². The molecule has 1 N–H and O–H groups in total. The highest BCUT2D eigenvalue weighted by atomic mass is 32.2. The summed E-state index contributed by atoms with van der Waals surface area (Å²) >= 11 is 0. The van der Waals surface area contributed by atoms with E-state index in [1.165, 1.54) is 42.7 Å². The van der Waals surface area contributed by atoms with Crippen LogP contribution in [0.15, 0.2) is 44.8 Å². The summed E-state index contributed by atoms with van der Waals surface area (Å²) < 4.78 is 33.5. The molecule has 2 heterocycles. The fourth-order valence-corrected chi connectivity index (χ4v) is 4.67. The predicted octanol–water partition coefficient (Wildman–Crippen LogP) is -0.336. The van der Waals surface area contributed by atoms with Crippen LogP contribution in [-0.2, 0) is 33.7 Å². The number of hydrogen-bond acceptors (Lipinski definition) is 7. The molecule has 1 saturated heterocycles. The van der Waals surface area contributed by atoms with Crippen LogP contribution in [0.3, 0.4) is 0 Å². The summed E-state index contributed by atoms with van der Waals surface area (Å²) in [6.07, 6.45) is 1.57. The molecule has 11 nitrogen and oxygen atoms in total. The molecule has 3 rings (SSSR count). The number of carbonyl (C=O) groups is 2. The number of carbonyl (C=O) groups excluding carboxylic acids is 2. The third-order valence-corrected chi connectivity index (χ3v) is 6.80. The molecule has 0 saturated carbocycles. The molecular formula is C19H22N4O7S. The average Bonchev–Trinajstić information content (AvgIpc) is 3.30. The van der Waals surface area contributed by atoms with Crippen LogP contribution in [-0.4, -0.2) is 53.4 Å². The summed E-state index contributed by atoms with van der Waals surface area (Å²) in [5, 5.41) is 2.33. The van der Waals surface area contributed by atoms with Gasteiger partial charge in [0.2, 0.25) is 10.0 Å². The standard InChI is InChI=1S/C19H22N4O7S/c1-21-15(11-17(25)22(2)19(21)27)20-16(24)12-30-18(26)13-6-5-7-14(10-13)31(28,29)23-8-3-4-9-23/h5-7,10-11H,3-4,8-9,12H2,1-2H3,(H,20,24). The zero-order chi connectivity index (χ0) is 22.8. The van der Waals surface area contributed by atoms with Gasteiger partial charge in [-0.3, -0.25) is 18.7 Å². The maximum absolute atomic E-state index is 12.6. The number of esters is 1. The first-order valence-electron chi connectivity index (χ1n) is 9.45. The molecule has 166 valence electrons. The Morgan fingerprint density at radius 2 is 1.74 bits per heavy atom. The number of amides is 1. The van der Waals surface area contributed by atoms with E-state index in [2.05, 4.69) is 5.32 Å². The lowest BCUT2D eigenvalue weighted by Crippen LogP contribution is -2.38. The Bertz CT molecular complexity index is 1240. The Kier molecular flexibility index (Phi) is 6.41. The number of rotatable bonds is 6. The Hall–Kier alpha value is -3.25. The van der Waals surface area contributed by atoms with Gasteiger partial charge < -0.3 is 10.1 Å². The number of benzene rings is 1. The van der Waals surface area contributed by atoms with Crippen molar-refractivity contribution in [3.63, 3.8) is 0 Å². The van der Waals surface area contributed by atoms with Crippen LogP contribution in [0.5, 0.6) is 0 Å². The minimum atomic E-state index is -3.70. The smallest absolute Gasteiger partial charge is 0.338 e. The molecular weight excluding hydrogens is 428 g/mol. The molecule has 2 aromatic rings. The van der Waals surface area contributed by atoms with E-state index in [1.54, 1.807) is 0 Å². The van der Waals surface area contributed by atoms with Crippen molar-refractivity contribution >= 4 is 27.7 Å². The van der Waals surface area contributed by atoms with Gasteiger partial charge in [-0.2, -0.15) is 4.31 Å². The number of hydrogen-bond donors (Lipinski definition) is 1. The van der Waals surface area contributed by atoms with Gasteiger partial charge in [0.1, 0.15) is 5.82 Å². The number of nitrogens with one attached hydrogen (secondary N) is 1. The van der Waals surface area contributed by atoms with Crippen molar-refractivity contribution in [2.45, 2.75) is 17.7 Å². The fraction of sp³-hybridized carbons (Fsp3) is 0.368. The van der Waals surface area contributed by atoms with Gasteiger partial charge in [-0.25, -0.2) is 18.0 Å². The Balaban J connectivity index is 1.67. The van der Waals surface area contributed by atoms with Crippen molar-refractivity contribution in [3.8, 4) is 0 Å². The molecule has 0 radical (unpaired) electrons. The number of aromatic nitrogens is 2. The number of nitrogens with zero attached hydrogens (tertiary/aromatic N) is 3. The minimum absolute atomic E-state index is 0.0194. The first-order chi connectivity index (χ1) is 14.6. The normalized spacial score (nSPS) is 14.4. The Labute approximate surface area is 177 Å². The van der Waals surface area contributed by atoms with Crippen molar-refractivity contribution in [2.24, 2.45) is 14.1 Å². The van der Waals surface area contributed by atoms with Crippen molar-refractivity contribution < 1.29 is 22.7 Å². The van der Waals surface area contributed by atoms with Crippen LogP contribution in [0.1, 0.15) is 23.2 Å². The van der Waals surface area contributed by atoms with E-state index in [-0.39, 0.29) is 16.3 Å². The van der Waals surface area contributed by atoms with Gasteiger partial charge in [0, 0.05) is 33.3 Å². The van der Waals surface area contributed by atoms with E-state index in [0.29, 0.717) is 13.1 Å². The molecule has 0 atom stereocenters. The summed E-state index contributed by atoms with van der Waals surface area (Å²) in [6.45, 7) is 0.176. The third kappa shape index (κ3) is 4.75. The highest BCUT2D eigenvalue weighted by Gasteiger charge is 2.27. The second-order valence-electron chi connectivity index (χ2n) is 7.03. The van der Waals surface area contributed by atoms with Gasteiger partial charge in [0.05, 0.1) is 10.5 Å². The number of anilines is 1. The minimum Gasteiger partial charge on any atom is -0.452 e. The molecule has 1 aromatic carbocycles. The highest BCUT2D eigenvalue weighted by molar-refractivity contribution is 7.89. The maximum atomic E-state index is 12.6. The van der Waals surface area contributed by atoms with Crippen molar-refractivity contribution in [1.82, 2.24) is 13.4 Å². The first kappa shape index (κ1) is 22.4. The quantitative estimate of drug-likeness (QED) is 0.595. The SMILES string of the molecule is Cn1c(NC(=O)COC(=O)c2cccc(S(=O)(=O)N3CCCC3)c2)cc(=O)n(C)c1=O. The van der Waals surface area contributed by atoms with Gasteiger partial charge in [0.25, 0.3) is 11.5 Å². The van der Waals surface area contributed by atoms with Crippen LogP contribution >= 0.6 is 0 Å². The van der Waals surface area contributed by atoms with Crippen molar-refractivity contribution in [3.05, 3.63) is 56.7 Å². The molecule has 1 aromatic heterocycles. The molecule has 0 unspecified atom stereocenters. The maximum Gasteiger partial charge on any atom is 0.338 e. The molecule has 1 fully saturated rings. The van der Waals surface area contributed by atoms with Gasteiger partial charge >= 0.3 is 11.7 Å². The van der Waals surface area contributed by atoms with E-state index in [9.17, 15) is 27.6 Å². The van der Waals surface area contributed by atoms with Gasteiger partial charge in [0.15, 0.2) is 6.61 Å². The van der Waals surface area contributed by atoms with E-state index in [0.717, 1.165) is 28.0 Å². The molecule has 12 heteroatoms. The molecule has 1 aliphatic rings. The first-order valence-corrected chi connectivity index (χ1v) is 10.9. The summed E-state index contributed by atoms with van der Waals surface area (Å²) in [7, 11) is -1.03. The summed E-state index contributed by atoms with van der Waals surface area (Å²) in [5.41, 5.74) is -1.25. The molecule has 1 aliphatic heterocycles. The van der Waals surface area contributed by atoms with Crippen LogP contribution < -0.4 is 16.6 Å². The summed E-state index contributed by atoms with van der Waals surface area (Å²) in [5.74, 6) is -1.70. The zero-order valence-corrected chi connectivity index (χ0v) is 17.8. The fourth-order valence-electron chi connectivity index (χ4n) is 3.11. The van der Waals surface area contributed by atoms with E-state index in [4.69, 9.17) is 4.74 Å². The molecule has 0 bridgehead atoms. The lowest BCUT2D eigenvalue weighted by atomic mass is 10.2. The second kappa shape index (κ2) is 8.86. The Morgan fingerprint density at radius 3 is 2.42 bits per heavy atom. The molecule has 0 spiro atoms. The monoisotopic (exact) mass is 450 g/mol. The third-order valence-electron chi connectivity index (χ3n) is 4.90. The second-order valence-corrected chi connectivity index (χ2v) is 8.97. The molecule has 31 heavy (non-hydrogen) atoms. The average molecular weight is 450 g/mol. The zero-order valence-electron chi connectivity index (χ0n) is 17.0. The van der Waals surface area contributed by atoms with Gasteiger partial charge in [-0.15, -0.1) is 0 Å². The number of sulfonamides is 1. The largest absolute Gasteiger partial charge is 0.452 e. The van der Waals surface area contributed by atoms with Crippen molar-refractivity contribution in [2.75, 3.05) is 25.0 Å². The Morgan fingerprint density at radius 1 is 1.06 bits per heavy atom. The topological polar surface area (TPSA) is 137 Å².